The number of rotatable bonds is 8. The highest BCUT2D eigenvalue weighted by Crippen LogP contribution is 2.33. The van der Waals surface area contributed by atoms with Crippen molar-refractivity contribution < 1.29 is 4.92 Å². The molecule has 0 radical (unpaired) electrons. The van der Waals surface area contributed by atoms with Gasteiger partial charge in [0.25, 0.3) is 11.2 Å². The first-order valence-corrected chi connectivity index (χ1v) is 10.9. The van der Waals surface area contributed by atoms with Crippen LogP contribution in [0.4, 0.5) is 10.8 Å². The van der Waals surface area contributed by atoms with Crippen LogP contribution in [0.15, 0.2) is 16.9 Å². The van der Waals surface area contributed by atoms with Crippen molar-refractivity contribution in [2.24, 2.45) is 0 Å². The Hall–Kier alpha value is -2.06. The highest BCUT2D eigenvalue weighted by atomic mass is 32.1. The zero-order valence-electron chi connectivity index (χ0n) is 16.6. The Balaban J connectivity index is 1.70. The molecule has 0 amide bonds. The number of fused-ring (bicyclic) bond motifs is 1. The second-order valence-electron chi connectivity index (χ2n) is 7.46. The lowest BCUT2D eigenvalue weighted by Gasteiger charge is -2.34. The maximum atomic E-state index is 12.5. The normalized spacial score (nSPS) is 15.3. The smallest absolute Gasteiger partial charge is 0.287 e. The minimum Gasteiger partial charge on any atom is -0.345 e. The predicted molar refractivity (Wildman–Crippen MR) is 115 cm³/mol. The van der Waals surface area contributed by atoms with Crippen molar-refractivity contribution in [3.8, 4) is 0 Å². The number of piperazine rings is 1. The molecule has 28 heavy (non-hydrogen) atoms. The molecule has 8 heteroatoms. The molecular weight excluding hydrogens is 376 g/mol. The van der Waals surface area contributed by atoms with Crippen LogP contribution in [0.2, 0.25) is 0 Å². The van der Waals surface area contributed by atoms with E-state index in [0.717, 1.165) is 32.7 Å². The number of nitro benzene ring substituents is 1. The largest absolute Gasteiger partial charge is 0.345 e. The molecule has 0 unspecified atom stereocenters. The van der Waals surface area contributed by atoms with E-state index in [9.17, 15) is 14.9 Å². The van der Waals surface area contributed by atoms with Crippen LogP contribution in [-0.2, 0) is 0 Å². The van der Waals surface area contributed by atoms with Gasteiger partial charge in [-0.15, -0.1) is 0 Å². The highest BCUT2D eigenvalue weighted by molar-refractivity contribution is 7.22. The third-order valence-corrected chi connectivity index (χ3v) is 6.42. The van der Waals surface area contributed by atoms with Gasteiger partial charge < -0.3 is 4.90 Å². The molecule has 0 bridgehead atoms. The fraction of sp³-hybridized carbons (Fsp3) is 0.600. The summed E-state index contributed by atoms with van der Waals surface area (Å²) in [6.07, 6.45) is 6.39. The number of aromatic nitrogens is 1. The maximum Gasteiger partial charge on any atom is 0.287 e. The number of aryl methyl sites for hydroxylation is 1. The van der Waals surface area contributed by atoms with Crippen LogP contribution in [0.1, 0.15) is 44.6 Å². The van der Waals surface area contributed by atoms with E-state index in [0.29, 0.717) is 20.8 Å². The van der Waals surface area contributed by atoms with Gasteiger partial charge in [0.2, 0.25) is 0 Å². The van der Waals surface area contributed by atoms with Gasteiger partial charge in [0.1, 0.15) is 4.70 Å². The molecule has 7 nitrogen and oxygen atoms in total. The summed E-state index contributed by atoms with van der Waals surface area (Å²) < 4.78 is 0.420. The van der Waals surface area contributed by atoms with Gasteiger partial charge in [-0.1, -0.05) is 43.9 Å². The predicted octanol–water partition coefficient (Wildman–Crippen LogP) is 3.97. The van der Waals surface area contributed by atoms with Crippen LogP contribution in [0, 0.1) is 17.0 Å². The summed E-state index contributed by atoms with van der Waals surface area (Å²) in [4.78, 5) is 32.3. The summed E-state index contributed by atoms with van der Waals surface area (Å²) in [6, 6.07) is 3.22. The summed E-state index contributed by atoms with van der Waals surface area (Å²) in [6.45, 7) is 8.56. The SMILES string of the molecule is CCCCCCCN1CCN(c2nc(=O)c3cc(C)cc([N+](=O)[O-])c3s2)CC1. The number of anilines is 1. The van der Waals surface area contributed by atoms with Gasteiger partial charge in [-0.25, -0.2) is 0 Å². The van der Waals surface area contributed by atoms with Crippen LogP contribution in [-0.4, -0.2) is 47.5 Å². The minimum atomic E-state index is -0.411. The molecule has 152 valence electrons. The van der Waals surface area contributed by atoms with Crippen molar-refractivity contribution in [3.05, 3.63) is 38.2 Å². The van der Waals surface area contributed by atoms with Gasteiger partial charge >= 0.3 is 0 Å². The Morgan fingerprint density at radius 3 is 2.54 bits per heavy atom. The summed E-state index contributed by atoms with van der Waals surface area (Å²) in [5.41, 5.74) is 0.311. The van der Waals surface area contributed by atoms with E-state index >= 15 is 0 Å². The fourth-order valence-electron chi connectivity index (χ4n) is 3.65. The third kappa shape index (κ3) is 4.86. The lowest BCUT2D eigenvalue weighted by molar-refractivity contribution is -0.382. The Morgan fingerprint density at radius 2 is 1.86 bits per heavy atom. The Kier molecular flexibility index (Phi) is 6.96. The Morgan fingerprint density at radius 1 is 1.14 bits per heavy atom. The van der Waals surface area contributed by atoms with Gasteiger partial charge in [-0.3, -0.25) is 19.8 Å². The standard InChI is InChI=1S/C20H28N4O3S/c1-3-4-5-6-7-8-22-9-11-23(12-10-22)20-21-19(25)16-13-15(2)14-17(24(26)27)18(16)28-20/h13-14H,3-12H2,1-2H3. The van der Waals surface area contributed by atoms with E-state index in [1.807, 2.05) is 0 Å². The third-order valence-electron chi connectivity index (χ3n) is 5.25. The zero-order valence-corrected chi connectivity index (χ0v) is 17.5. The minimum absolute atomic E-state index is 0.00790. The van der Waals surface area contributed by atoms with Crippen LogP contribution in [0.5, 0.6) is 0 Å². The van der Waals surface area contributed by atoms with Gasteiger partial charge in [0.05, 0.1) is 10.3 Å². The number of benzene rings is 1. The number of hydrogen-bond donors (Lipinski definition) is 0. The van der Waals surface area contributed by atoms with E-state index < -0.39 is 4.92 Å². The molecule has 1 aromatic heterocycles. The number of non-ortho nitro benzene ring substituents is 1. The van der Waals surface area contributed by atoms with E-state index in [4.69, 9.17) is 0 Å². The van der Waals surface area contributed by atoms with Crippen molar-refractivity contribution in [1.29, 1.82) is 0 Å². The quantitative estimate of drug-likeness (QED) is 0.376. The summed E-state index contributed by atoms with van der Waals surface area (Å²) in [7, 11) is 0. The Labute approximate surface area is 169 Å². The Bertz CT molecular complexity index is 891. The average molecular weight is 405 g/mol. The molecular formula is C20H28N4O3S. The monoisotopic (exact) mass is 404 g/mol. The van der Waals surface area contributed by atoms with Crippen molar-refractivity contribution in [3.63, 3.8) is 0 Å². The van der Waals surface area contributed by atoms with Gasteiger partial charge in [0, 0.05) is 32.2 Å². The second-order valence-corrected chi connectivity index (χ2v) is 8.44. The van der Waals surface area contributed by atoms with Gasteiger partial charge in [0.15, 0.2) is 5.13 Å². The van der Waals surface area contributed by atoms with E-state index in [-0.39, 0.29) is 11.2 Å². The summed E-state index contributed by atoms with van der Waals surface area (Å²) >= 11 is 1.25. The topological polar surface area (TPSA) is 79.6 Å². The number of nitrogens with zero attached hydrogens (tertiary/aromatic N) is 4. The zero-order chi connectivity index (χ0) is 20.1. The van der Waals surface area contributed by atoms with E-state index in [1.165, 1.54) is 49.5 Å². The first-order chi connectivity index (χ1) is 13.5. The lowest BCUT2D eigenvalue weighted by atomic mass is 10.1. The van der Waals surface area contributed by atoms with Crippen LogP contribution in [0.3, 0.4) is 0 Å². The van der Waals surface area contributed by atoms with Crippen LogP contribution >= 0.6 is 11.3 Å². The first-order valence-electron chi connectivity index (χ1n) is 10.1. The number of nitro groups is 1. The molecule has 1 saturated heterocycles. The molecule has 1 aliphatic rings. The molecule has 0 atom stereocenters. The van der Waals surface area contributed by atoms with Crippen LogP contribution < -0.4 is 10.5 Å². The molecule has 1 aliphatic heterocycles. The van der Waals surface area contributed by atoms with E-state index in [2.05, 4.69) is 21.7 Å². The maximum absolute atomic E-state index is 12.5. The molecule has 1 fully saturated rings. The average Bonchev–Trinajstić information content (AvgIpc) is 2.68. The van der Waals surface area contributed by atoms with E-state index in [1.54, 1.807) is 13.0 Å². The molecule has 0 aliphatic carbocycles. The number of hydrogen-bond acceptors (Lipinski definition) is 7. The van der Waals surface area contributed by atoms with Gasteiger partial charge in [-0.2, -0.15) is 4.98 Å². The van der Waals surface area contributed by atoms with Gasteiger partial charge in [-0.05, 0) is 31.5 Å². The summed E-state index contributed by atoms with van der Waals surface area (Å²) in [5.74, 6) is 0. The van der Waals surface area contributed by atoms with Crippen LogP contribution in [0.25, 0.3) is 10.1 Å². The molecule has 2 aromatic rings. The fourth-order valence-corrected chi connectivity index (χ4v) is 4.77. The molecule has 0 saturated carbocycles. The number of unbranched alkanes of at least 4 members (excludes halogenated alkanes) is 4. The highest BCUT2D eigenvalue weighted by Gasteiger charge is 2.22. The van der Waals surface area contributed by atoms with Crippen molar-refractivity contribution in [2.45, 2.75) is 46.0 Å². The molecule has 3 rings (SSSR count). The van der Waals surface area contributed by atoms with Crippen molar-refractivity contribution in [2.75, 3.05) is 37.6 Å². The molecule has 0 N–H and O–H groups in total. The summed E-state index contributed by atoms with van der Waals surface area (Å²) in [5, 5.41) is 12.4. The van der Waals surface area contributed by atoms with Crippen molar-refractivity contribution in [1.82, 2.24) is 9.88 Å². The molecule has 0 spiro atoms. The first kappa shape index (κ1) is 20.7. The second kappa shape index (κ2) is 9.43. The molecule has 1 aromatic carbocycles. The molecule has 2 heterocycles. The van der Waals surface area contributed by atoms with Crippen molar-refractivity contribution >= 4 is 32.2 Å². The lowest BCUT2D eigenvalue weighted by Crippen LogP contribution is -2.47.